The van der Waals surface area contributed by atoms with Crippen LogP contribution in [0.3, 0.4) is 0 Å². The highest BCUT2D eigenvalue weighted by molar-refractivity contribution is 8.26. The molecular weight excluding hydrogens is 396 g/mol. The smallest absolute Gasteiger partial charge is 0.142 e. The van der Waals surface area contributed by atoms with Gasteiger partial charge in [-0.1, -0.05) is 0 Å². The van der Waals surface area contributed by atoms with Gasteiger partial charge in [0.2, 0.25) is 0 Å². The van der Waals surface area contributed by atoms with Gasteiger partial charge in [-0.25, -0.2) is 0 Å². The van der Waals surface area contributed by atoms with Crippen LogP contribution in [-0.2, 0) is 9.59 Å². The molecule has 6 N–H and O–H groups in total. The number of hydrogen-bond donors (Lipinski definition) is 4. The number of anilines is 2. The summed E-state index contributed by atoms with van der Waals surface area (Å²) < 4.78 is 32.1. The van der Waals surface area contributed by atoms with Crippen LogP contribution in [0.15, 0.2) is 48.5 Å². The molecule has 0 saturated heterocycles. The molecule has 2 aromatic rings. The Kier molecular flexibility index (Phi) is 8.32. The van der Waals surface area contributed by atoms with E-state index >= 15 is 0 Å². The Labute approximate surface area is 171 Å². The molecule has 2 rings (SSSR count). The minimum atomic E-state index is -3.52. The van der Waals surface area contributed by atoms with Crippen LogP contribution in [0.25, 0.3) is 0 Å². The van der Waals surface area contributed by atoms with Crippen molar-refractivity contribution < 1.29 is 28.2 Å². The van der Waals surface area contributed by atoms with E-state index in [0.717, 1.165) is 0 Å². The summed E-state index contributed by atoms with van der Waals surface area (Å²) in [6, 6.07) is 13.4. The minimum Gasteiger partial charge on any atom is -0.494 e. The second kappa shape index (κ2) is 10.7. The highest BCUT2D eigenvalue weighted by Gasteiger charge is 2.34. The van der Waals surface area contributed by atoms with Crippen molar-refractivity contribution in [3.63, 3.8) is 0 Å². The van der Waals surface area contributed by atoms with Gasteiger partial charge in [-0.2, -0.15) is 10.6 Å². The van der Waals surface area contributed by atoms with Gasteiger partial charge in [0.15, 0.2) is 0 Å². The number of hydrogen-bond acceptors (Lipinski definition) is 8. The molecule has 0 aliphatic carbocycles. The van der Waals surface area contributed by atoms with Crippen LogP contribution in [0.1, 0.15) is 12.8 Å². The van der Waals surface area contributed by atoms with Crippen molar-refractivity contribution in [1.29, 1.82) is 0 Å². The summed E-state index contributed by atoms with van der Waals surface area (Å²) in [6.45, 7) is 0.160. The molecule has 2 unspecified atom stereocenters. The summed E-state index contributed by atoms with van der Waals surface area (Å²) in [5, 5.41) is -2.24. The van der Waals surface area contributed by atoms with E-state index in [4.69, 9.17) is 20.9 Å². The van der Waals surface area contributed by atoms with Crippen LogP contribution >= 0.6 is 10.6 Å². The van der Waals surface area contributed by atoms with E-state index in [0.29, 0.717) is 35.4 Å². The Bertz CT molecular complexity index is 717. The van der Waals surface area contributed by atoms with Gasteiger partial charge in [0, 0.05) is 24.2 Å². The molecule has 0 aromatic heterocycles. The molecule has 0 aliphatic rings. The predicted octanol–water partition coefficient (Wildman–Crippen LogP) is 2.97. The van der Waals surface area contributed by atoms with E-state index in [-0.39, 0.29) is 26.1 Å². The summed E-state index contributed by atoms with van der Waals surface area (Å²) in [6.07, 6.45) is 1.02. The number of nitrogen functional groups attached to an aromatic ring is 2. The lowest BCUT2D eigenvalue weighted by molar-refractivity contribution is -0.107. The summed E-state index contributed by atoms with van der Waals surface area (Å²) in [5.41, 5.74) is 12.4. The molecule has 29 heavy (non-hydrogen) atoms. The minimum absolute atomic E-state index is 0.0549. The molecule has 0 heterocycles. The van der Waals surface area contributed by atoms with Crippen LogP contribution < -0.4 is 20.9 Å². The number of ether oxygens (including phenoxy) is 2. The molecule has 0 fully saturated rings. The molecule has 0 amide bonds. The van der Waals surface area contributed by atoms with Crippen molar-refractivity contribution >= 4 is 34.5 Å². The maximum Gasteiger partial charge on any atom is 0.142 e. The van der Waals surface area contributed by atoms with Gasteiger partial charge in [-0.3, -0.25) is 9.11 Å². The zero-order valence-electron chi connectivity index (χ0n) is 15.8. The Morgan fingerprint density at radius 3 is 1.41 bits per heavy atom. The molecule has 2 aromatic carbocycles. The van der Waals surface area contributed by atoms with Crippen LogP contribution in [0, 0.1) is 0 Å². The van der Waals surface area contributed by atoms with Gasteiger partial charge in [0.25, 0.3) is 0 Å². The third kappa shape index (κ3) is 6.67. The lowest BCUT2D eigenvalue weighted by Crippen LogP contribution is -2.32. The number of carbonyl (C=O) groups excluding carboxylic acids is 2. The average molecular weight is 423 g/mol. The van der Waals surface area contributed by atoms with Gasteiger partial charge in [0.1, 0.15) is 34.6 Å². The number of nitrogens with two attached hydrogens (primary N) is 2. The molecule has 0 saturated carbocycles. The number of benzene rings is 2. The molecule has 0 bridgehead atoms. The maximum absolute atomic E-state index is 11.5. The van der Waals surface area contributed by atoms with Crippen LogP contribution in [0.2, 0.25) is 0 Å². The molecule has 0 spiro atoms. The first kappa shape index (κ1) is 22.5. The zero-order valence-corrected chi connectivity index (χ0v) is 16.7. The van der Waals surface area contributed by atoms with E-state index < -0.39 is 21.1 Å². The number of rotatable bonds is 12. The fraction of sp³-hybridized carbons (Fsp3) is 0.300. The highest BCUT2D eigenvalue weighted by Crippen LogP contribution is 2.50. The average Bonchev–Trinajstić information content (AvgIpc) is 2.71. The highest BCUT2D eigenvalue weighted by atomic mass is 32.3. The lowest BCUT2D eigenvalue weighted by Gasteiger charge is -2.41. The monoisotopic (exact) mass is 422 g/mol. The third-order valence-electron chi connectivity index (χ3n) is 4.30. The largest absolute Gasteiger partial charge is 0.494 e. The Morgan fingerprint density at radius 1 is 0.759 bits per heavy atom. The second-order valence-corrected chi connectivity index (χ2v) is 8.89. The topological polar surface area (TPSA) is 145 Å². The maximum atomic E-state index is 11.5. The van der Waals surface area contributed by atoms with Gasteiger partial charge < -0.3 is 30.5 Å². The predicted molar refractivity (Wildman–Crippen MR) is 114 cm³/mol. The summed E-state index contributed by atoms with van der Waals surface area (Å²) in [5.74, 6) is 1.09. The summed E-state index contributed by atoms with van der Waals surface area (Å²) >= 11 is 0. The molecule has 158 valence electrons. The van der Waals surface area contributed by atoms with Gasteiger partial charge in [0.05, 0.1) is 13.2 Å². The number of aldehydes is 2. The summed E-state index contributed by atoms with van der Waals surface area (Å²) in [4.78, 5) is 22.9. The second-order valence-electron chi connectivity index (χ2n) is 6.40. The normalized spacial score (nSPS) is 13.9. The van der Waals surface area contributed by atoms with E-state index in [9.17, 15) is 18.7 Å². The standard InChI is InChI=1S/C20H26N2O6S/c21-15-1-5-17(6-2-15)27-11-9-19(13-23)29(25,26)20(14-24)10-12-28-18-7-3-16(22)4-8-18/h1-8,13-14,19-20,25-26H,9-12,21-22H2. The molecule has 0 radical (unpaired) electrons. The molecular formula is C20H26N2O6S. The number of carbonyl (C=O) groups is 2. The quantitative estimate of drug-likeness (QED) is 0.302. The van der Waals surface area contributed by atoms with E-state index in [1.165, 1.54) is 0 Å². The SMILES string of the molecule is Nc1ccc(OCCC(C=O)S(O)(O)C(C=O)CCOc2ccc(N)cc2)cc1. The van der Waals surface area contributed by atoms with E-state index in [1.54, 1.807) is 48.5 Å². The van der Waals surface area contributed by atoms with Crippen LogP contribution in [-0.4, -0.2) is 45.4 Å². The Balaban J connectivity index is 1.88. The van der Waals surface area contributed by atoms with Crippen LogP contribution in [0.4, 0.5) is 11.4 Å². The van der Waals surface area contributed by atoms with Crippen molar-refractivity contribution in [3.05, 3.63) is 48.5 Å². The van der Waals surface area contributed by atoms with Gasteiger partial charge in [-0.05, 0) is 48.5 Å². The van der Waals surface area contributed by atoms with Crippen molar-refractivity contribution in [3.8, 4) is 11.5 Å². The molecule has 8 nitrogen and oxygen atoms in total. The lowest BCUT2D eigenvalue weighted by atomic mass is 10.3. The zero-order chi connectivity index (χ0) is 21.3. The van der Waals surface area contributed by atoms with Crippen molar-refractivity contribution in [2.75, 3.05) is 24.7 Å². The Hall–Kier alpha value is -2.75. The van der Waals surface area contributed by atoms with E-state index in [2.05, 4.69) is 0 Å². The van der Waals surface area contributed by atoms with Crippen molar-refractivity contribution in [2.45, 2.75) is 23.3 Å². The molecule has 9 heteroatoms. The van der Waals surface area contributed by atoms with Gasteiger partial charge >= 0.3 is 0 Å². The molecule has 0 aliphatic heterocycles. The first-order valence-corrected chi connectivity index (χ1v) is 10.7. The summed E-state index contributed by atoms with van der Waals surface area (Å²) in [7, 11) is -3.52. The molecule has 2 atom stereocenters. The van der Waals surface area contributed by atoms with Crippen LogP contribution in [0.5, 0.6) is 11.5 Å². The Morgan fingerprint density at radius 2 is 1.10 bits per heavy atom. The van der Waals surface area contributed by atoms with Crippen molar-refractivity contribution in [1.82, 2.24) is 0 Å². The fourth-order valence-corrected chi connectivity index (χ4v) is 4.25. The first-order valence-electron chi connectivity index (χ1n) is 9.00. The van der Waals surface area contributed by atoms with E-state index in [1.807, 2.05) is 0 Å². The fourth-order valence-electron chi connectivity index (χ4n) is 2.58. The third-order valence-corrected chi connectivity index (χ3v) is 6.77. The van der Waals surface area contributed by atoms with Crippen molar-refractivity contribution in [2.24, 2.45) is 0 Å². The first-order chi connectivity index (χ1) is 13.9. The van der Waals surface area contributed by atoms with Gasteiger partial charge in [-0.15, -0.1) is 0 Å².